The summed E-state index contributed by atoms with van der Waals surface area (Å²) in [7, 11) is 1.87. The largest absolute Gasteiger partial charge is 0.351 e. The fourth-order valence-corrected chi connectivity index (χ4v) is 1.95. The Morgan fingerprint density at radius 1 is 1.06 bits per heavy atom. The molecule has 94 valence electrons. The Bertz CT molecular complexity index is 398. The smallest absolute Gasteiger partial charge is 0.251 e. The Morgan fingerprint density at radius 2 is 1.59 bits per heavy atom. The SMILES string of the molecule is CNCCNC(=O)c1c(C)c(C)cc(C)c1C. The normalized spacial score (nSPS) is 10.4. The van der Waals surface area contributed by atoms with Crippen molar-refractivity contribution in [1.82, 2.24) is 10.6 Å². The summed E-state index contributed by atoms with van der Waals surface area (Å²) in [5, 5.41) is 5.95. The first-order valence-electron chi connectivity index (χ1n) is 5.99. The fourth-order valence-electron chi connectivity index (χ4n) is 1.95. The molecule has 0 aliphatic rings. The van der Waals surface area contributed by atoms with Crippen molar-refractivity contribution in [3.63, 3.8) is 0 Å². The predicted octanol–water partition coefficient (Wildman–Crippen LogP) is 1.87. The average Bonchev–Trinajstić information content (AvgIpc) is 2.27. The molecule has 1 aromatic carbocycles. The van der Waals surface area contributed by atoms with Gasteiger partial charge in [-0.1, -0.05) is 6.07 Å². The summed E-state index contributed by atoms with van der Waals surface area (Å²) in [5.41, 5.74) is 5.34. The summed E-state index contributed by atoms with van der Waals surface area (Å²) in [4.78, 5) is 12.1. The topological polar surface area (TPSA) is 41.1 Å². The molecule has 1 aromatic rings. The molecule has 0 heterocycles. The molecule has 0 saturated heterocycles. The van der Waals surface area contributed by atoms with E-state index in [1.54, 1.807) is 0 Å². The van der Waals surface area contributed by atoms with Gasteiger partial charge in [0.15, 0.2) is 0 Å². The van der Waals surface area contributed by atoms with Crippen LogP contribution >= 0.6 is 0 Å². The van der Waals surface area contributed by atoms with Crippen LogP contribution in [0.2, 0.25) is 0 Å². The third-order valence-corrected chi connectivity index (χ3v) is 3.25. The van der Waals surface area contributed by atoms with Crippen LogP contribution in [0.15, 0.2) is 6.07 Å². The standard InChI is InChI=1S/C14H22N2O/c1-9-8-10(2)12(4)13(11(9)3)14(17)16-7-6-15-5/h8,15H,6-7H2,1-5H3,(H,16,17). The van der Waals surface area contributed by atoms with E-state index in [2.05, 4.69) is 16.7 Å². The molecular weight excluding hydrogens is 212 g/mol. The minimum absolute atomic E-state index is 0.0297. The first kappa shape index (κ1) is 13.7. The lowest BCUT2D eigenvalue weighted by molar-refractivity contribution is 0.0952. The number of likely N-dealkylation sites (N-methyl/N-ethyl adjacent to an activating group) is 1. The first-order chi connectivity index (χ1) is 7.99. The Labute approximate surface area is 104 Å². The van der Waals surface area contributed by atoms with Crippen molar-refractivity contribution in [2.45, 2.75) is 27.7 Å². The Hall–Kier alpha value is -1.35. The molecule has 2 N–H and O–H groups in total. The zero-order valence-corrected chi connectivity index (χ0v) is 11.4. The summed E-state index contributed by atoms with van der Waals surface area (Å²) < 4.78 is 0. The second-order valence-corrected chi connectivity index (χ2v) is 4.49. The third kappa shape index (κ3) is 3.07. The first-order valence-corrected chi connectivity index (χ1v) is 5.99. The van der Waals surface area contributed by atoms with E-state index < -0.39 is 0 Å². The van der Waals surface area contributed by atoms with Crippen LogP contribution in [-0.2, 0) is 0 Å². The van der Waals surface area contributed by atoms with Crippen molar-refractivity contribution in [3.8, 4) is 0 Å². The highest BCUT2D eigenvalue weighted by atomic mass is 16.1. The maximum Gasteiger partial charge on any atom is 0.251 e. The van der Waals surface area contributed by atoms with Crippen LogP contribution in [0.3, 0.4) is 0 Å². The highest BCUT2D eigenvalue weighted by Gasteiger charge is 2.14. The lowest BCUT2D eigenvalue weighted by Gasteiger charge is -2.15. The average molecular weight is 234 g/mol. The van der Waals surface area contributed by atoms with Gasteiger partial charge < -0.3 is 10.6 Å². The number of hydrogen-bond donors (Lipinski definition) is 2. The lowest BCUT2D eigenvalue weighted by atomic mass is 9.94. The quantitative estimate of drug-likeness (QED) is 0.781. The predicted molar refractivity (Wildman–Crippen MR) is 71.6 cm³/mol. The van der Waals surface area contributed by atoms with E-state index in [4.69, 9.17) is 0 Å². The van der Waals surface area contributed by atoms with E-state index in [0.29, 0.717) is 6.54 Å². The molecule has 0 aliphatic carbocycles. The van der Waals surface area contributed by atoms with Crippen LogP contribution < -0.4 is 10.6 Å². The number of carbonyl (C=O) groups is 1. The van der Waals surface area contributed by atoms with Crippen molar-refractivity contribution in [2.24, 2.45) is 0 Å². The van der Waals surface area contributed by atoms with Crippen LogP contribution in [0.4, 0.5) is 0 Å². The number of aryl methyl sites for hydroxylation is 2. The lowest BCUT2D eigenvalue weighted by Crippen LogP contribution is -2.31. The highest BCUT2D eigenvalue weighted by Crippen LogP contribution is 2.21. The number of nitrogens with one attached hydrogen (secondary N) is 2. The minimum Gasteiger partial charge on any atom is -0.351 e. The van der Waals surface area contributed by atoms with E-state index in [1.807, 2.05) is 34.7 Å². The molecule has 0 fully saturated rings. The van der Waals surface area contributed by atoms with Crippen molar-refractivity contribution in [1.29, 1.82) is 0 Å². The highest BCUT2D eigenvalue weighted by molar-refractivity contribution is 5.97. The van der Waals surface area contributed by atoms with Gasteiger partial charge in [-0.2, -0.15) is 0 Å². The van der Waals surface area contributed by atoms with Gasteiger partial charge in [0, 0.05) is 18.7 Å². The van der Waals surface area contributed by atoms with Gasteiger partial charge in [-0.3, -0.25) is 4.79 Å². The molecule has 0 aromatic heterocycles. The minimum atomic E-state index is 0.0297. The molecule has 0 bridgehead atoms. The number of carbonyl (C=O) groups excluding carboxylic acids is 1. The van der Waals surface area contributed by atoms with Gasteiger partial charge in [0.25, 0.3) is 5.91 Å². The summed E-state index contributed by atoms with van der Waals surface area (Å²) in [6, 6.07) is 2.13. The van der Waals surface area contributed by atoms with Gasteiger partial charge in [0.05, 0.1) is 0 Å². The molecule has 3 heteroatoms. The number of benzene rings is 1. The molecular formula is C14H22N2O. The zero-order valence-electron chi connectivity index (χ0n) is 11.4. The number of amides is 1. The fraction of sp³-hybridized carbons (Fsp3) is 0.500. The molecule has 0 aliphatic heterocycles. The maximum absolute atomic E-state index is 12.1. The van der Waals surface area contributed by atoms with Crippen molar-refractivity contribution in [3.05, 3.63) is 33.9 Å². The second-order valence-electron chi connectivity index (χ2n) is 4.49. The molecule has 0 radical (unpaired) electrons. The van der Waals surface area contributed by atoms with Crippen LogP contribution in [0.25, 0.3) is 0 Å². The Morgan fingerprint density at radius 3 is 2.06 bits per heavy atom. The molecule has 17 heavy (non-hydrogen) atoms. The molecule has 0 atom stereocenters. The van der Waals surface area contributed by atoms with Gasteiger partial charge in [0.2, 0.25) is 0 Å². The summed E-state index contributed by atoms with van der Waals surface area (Å²) in [6.07, 6.45) is 0. The Balaban J connectivity index is 3.00. The van der Waals surface area contributed by atoms with Gasteiger partial charge in [-0.05, 0) is 57.0 Å². The maximum atomic E-state index is 12.1. The van der Waals surface area contributed by atoms with Crippen molar-refractivity contribution >= 4 is 5.91 Å². The van der Waals surface area contributed by atoms with Crippen LogP contribution in [0.5, 0.6) is 0 Å². The zero-order chi connectivity index (χ0) is 13.0. The van der Waals surface area contributed by atoms with Crippen LogP contribution in [0, 0.1) is 27.7 Å². The van der Waals surface area contributed by atoms with Crippen molar-refractivity contribution < 1.29 is 4.79 Å². The second kappa shape index (κ2) is 5.82. The van der Waals surface area contributed by atoms with Gasteiger partial charge in [0.1, 0.15) is 0 Å². The van der Waals surface area contributed by atoms with Gasteiger partial charge >= 0.3 is 0 Å². The van der Waals surface area contributed by atoms with Crippen LogP contribution in [0.1, 0.15) is 32.6 Å². The van der Waals surface area contributed by atoms with E-state index in [1.165, 1.54) is 11.1 Å². The van der Waals surface area contributed by atoms with E-state index in [9.17, 15) is 4.79 Å². The third-order valence-electron chi connectivity index (χ3n) is 3.25. The number of hydrogen-bond acceptors (Lipinski definition) is 2. The van der Waals surface area contributed by atoms with E-state index in [0.717, 1.165) is 23.2 Å². The summed E-state index contributed by atoms with van der Waals surface area (Å²) in [5.74, 6) is 0.0297. The molecule has 0 spiro atoms. The Kier molecular flexibility index (Phi) is 4.70. The summed E-state index contributed by atoms with van der Waals surface area (Å²) in [6.45, 7) is 9.55. The van der Waals surface area contributed by atoms with Gasteiger partial charge in [-0.25, -0.2) is 0 Å². The molecule has 3 nitrogen and oxygen atoms in total. The number of rotatable bonds is 4. The van der Waals surface area contributed by atoms with Crippen molar-refractivity contribution in [2.75, 3.05) is 20.1 Å². The van der Waals surface area contributed by atoms with Crippen LogP contribution in [-0.4, -0.2) is 26.0 Å². The summed E-state index contributed by atoms with van der Waals surface area (Å²) >= 11 is 0. The molecule has 0 saturated carbocycles. The molecule has 1 amide bonds. The van der Waals surface area contributed by atoms with E-state index >= 15 is 0 Å². The monoisotopic (exact) mass is 234 g/mol. The van der Waals surface area contributed by atoms with Gasteiger partial charge in [-0.15, -0.1) is 0 Å². The van der Waals surface area contributed by atoms with E-state index in [-0.39, 0.29) is 5.91 Å². The molecule has 0 unspecified atom stereocenters. The molecule has 1 rings (SSSR count).